The van der Waals surface area contributed by atoms with Crippen LogP contribution < -0.4 is 5.32 Å². The Morgan fingerprint density at radius 1 is 1.67 bits per heavy atom. The van der Waals surface area contributed by atoms with E-state index < -0.39 is 10.8 Å². The molecule has 2 unspecified atom stereocenters. The molecule has 0 bridgehead atoms. The van der Waals surface area contributed by atoms with Gasteiger partial charge in [0.1, 0.15) is 0 Å². The van der Waals surface area contributed by atoms with Crippen LogP contribution in [0.1, 0.15) is 13.3 Å². The van der Waals surface area contributed by atoms with Crippen LogP contribution in [0.15, 0.2) is 22.9 Å². The Morgan fingerprint density at radius 3 is 3.00 bits per heavy atom. The number of aromatic nitrogens is 1. The van der Waals surface area contributed by atoms with Crippen molar-refractivity contribution in [3.63, 3.8) is 0 Å². The van der Waals surface area contributed by atoms with Crippen molar-refractivity contribution in [2.24, 2.45) is 0 Å². The van der Waals surface area contributed by atoms with E-state index >= 15 is 0 Å². The largest absolute Gasteiger partial charge is 0.384 e. The monoisotopic (exact) mass is 290 g/mol. The Kier molecular flexibility index (Phi) is 5.25. The summed E-state index contributed by atoms with van der Waals surface area (Å²) in [5.41, 5.74) is 1.03. The molecule has 0 saturated carbocycles. The molecule has 1 heterocycles. The molecule has 15 heavy (non-hydrogen) atoms. The summed E-state index contributed by atoms with van der Waals surface area (Å²) in [5, 5.41) is 3.51. The molecule has 5 heteroatoms. The molecule has 0 radical (unpaired) electrons. The van der Waals surface area contributed by atoms with Crippen molar-refractivity contribution in [1.82, 2.24) is 4.98 Å². The highest BCUT2D eigenvalue weighted by Gasteiger charge is 2.05. The van der Waals surface area contributed by atoms with Gasteiger partial charge in [-0.3, -0.25) is 9.19 Å². The first kappa shape index (κ1) is 12.6. The van der Waals surface area contributed by atoms with E-state index in [1.165, 1.54) is 0 Å². The van der Waals surface area contributed by atoms with Gasteiger partial charge in [-0.05, 0) is 28.4 Å². The Morgan fingerprint density at radius 2 is 2.40 bits per heavy atom. The highest BCUT2D eigenvalue weighted by atomic mass is 79.9. The van der Waals surface area contributed by atoms with Gasteiger partial charge in [-0.1, -0.05) is 6.92 Å². The molecular weight excluding hydrogens is 276 g/mol. The molecule has 0 aliphatic rings. The van der Waals surface area contributed by atoms with E-state index in [2.05, 4.69) is 26.2 Å². The van der Waals surface area contributed by atoms with Crippen LogP contribution in [0.4, 0.5) is 5.69 Å². The summed E-state index contributed by atoms with van der Waals surface area (Å²) in [6.45, 7) is 2.82. The number of hydrogen-bond acceptors (Lipinski definition) is 3. The number of rotatable bonds is 5. The lowest BCUT2D eigenvalue weighted by Crippen LogP contribution is -2.14. The average Bonchev–Trinajstić information content (AvgIpc) is 2.20. The first-order valence-electron chi connectivity index (χ1n) is 4.77. The summed E-state index contributed by atoms with van der Waals surface area (Å²) >= 11 is 3.41. The number of hydrogen-bond donors (Lipinski definition) is 1. The Balaban J connectivity index is 2.38. The third kappa shape index (κ3) is 4.30. The minimum Gasteiger partial charge on any atom is -0.384 e. The lowest BCUT2D eigenvalue weighted by atomic mass is 10.3. The normalized spacial score (nSPS) is 14.6. The van der Waals surface area contributed by atoms with Crippen LogP contribution in [0.2, 0.25) is 0 Å². The second-order valence-corrected chi connectivity index (χ2v) is 6.04. The van der Waals surface area contributed by atoms with Crippen LogP contribution in [0.25, 0.3) is 0 Å². The molecule has 0 saturated heterocycles. The van der Waals surface area contributed by atoms with Crippen LogP contribution >= 0.6 is 15.9 Å². The molecule has 3 nitrogen and oxygen atoms in total. The summed E-state index contributed by atoms with van der Waals surface area (Å²) in [6, 6.07) is 1.91. The van der Waals surface area contributed by atoms with Crippen molar-refractivity contribution in [3.05, 3.63) is 22.9 Å². The molecule has 0 aromatic carbocycles. The number of nitrogens with zero attached hydrogens (tertiary/aromatic N) is 1. The van der Waals surface area contributed by atoms with Gasteiger partial charge in [0.25, 0.3) is 0 Å². The van der Waals surface area contributed by atoms with Gasteiger partial charge in [-0.2, -0.15) is 0 Å². The van der Waals surface area contributed by atoms with Crippen molar-refractivity contribution in [2.75, 3.05) is 18.1 Å². The van der Waals surface area contributed by atoms with E-state index in [-0.39, 0.29) is 5.25 Å². The van der Waals surface area contributed by atoms with Gasteiger partial charge in [0.05, 0.1) is 10.2 Å². The lowest BCUT2D eigenvalue weighted by molar-refractivity contribution is 0.672. The van der Waals surface area contributed by atoms with E-state index in [0.29, 0.717) is 0 Å². The van der Waals surface area contributed by atoms with Crippen molar-refractivity contribution in [2.45, 2.75) is 18.6 Å². The fourth-order valence-electron chi connectivity index (χ4n) is 1.09. The molecule has 1 aromatic heterocycles. The quantitative estimate of drug-likeness (QED) is 0.906. The van der Waals surface area contributed by atoms with Crippen LogP contribution in [-0.4, -0.2) is 27.2 Å². The van der Waals surface area contributed by atoms with Crippen LogP contribution in [0, 0.1) is 0 Å². The summed E-state index contributed by atoms with van der Waals surface area (Å²) in [5.74, 6) is 0. The molecule has 2 atom stereocenters. The average molecular weight is 291 g/mol. The highest BCUT2D eigenvalue weighted by Crippen LogP contribution is 2.19. The summed E-state index contributed by atoms with van der Waals surface area (Å²) < 4.78 is 12.1. The Hall–Kier alpha value is -0.420. The summed E-state index contributed by atoms with van der Waals surface area (Å²) in [4.78, 5) is 3.98. The fraction of sp³-hybridized carbons (Fsp3) is 0.500. The summed E-state index contributed by atoms with van der Waals surface area (Å²) in [6.07, 6.45) is 6.14. The summed E-state index contributed by atoms with van der Waals surface area (Å²) in [7, 11) is -0.738. The minimum absolute atomic E-state index is 0.234. The van der Waals surface area contributed by atoms with Crippen molar-refractivity contribution >= 4 is 32.4 Å². The molecular formula is C10H15BrN2OS. The smallest absolute Gasteiger partial charge is 0.0590 e. The van der Waals surface area contributed by atoms with E-state index in [0.717, 1.165) is 23.1 Å². The van der Waals surface area contributed by atoms with Crippen LogP contribution in [-0.2, 0) is 10.8 Å². The van der Waals surface area contributed by atoms with Gasteiger partial charge in [0, 0.05) is 41.2 Å². The third-order valence-corrected chi connectivity index (χ3v) is 4.21. The minimum atomic E-state index is -0.738. The molecule has 1 N–H and O–H groups in total. The van der Waals surface area contributed by atoms with Crippen molar-refractivity contribution < 1.29 is 4.21 Å². The predicted octanol–water partition coefficient (Wildman–Crippen LogP) is 2.41. The van der Waals surface area contributed by atoms with Gasteiger partial charge >= 0.3 is 0 Å². The van der Waals surface area contributed by atoms with Crippen molar-refractivity contribution in [3.8, 4) is 0 Å². The van der Waals surface area contributed by atoms with E-state index in [1.807, 2.05) is 13.0 Å². The predicted molar refractivity (Wildman–Crippen MR) is 68.6 cm³/mol. The van der Waals surface area contributed by atoms with Gasteiger partial charge in [0.15, 0.2) is 0 Å². The number of nitrogens with one attached hydrogen (secondary N) is 1. The van der Waals surface area contributed by atoms with Gasteiger partial charge in [-0.25, -0.2) is 0 Å². The maximum atomic E-state index is 11.1. The SMILES string of the molecule is CC(CCNc1ccncc1Br)S(C)=O. The van der Waals surface area contributed by atoms with Gasteiger partial charge in [-0.15, -0.1) is 0 Å². The molecule has 1 aromatic rings. The van der Waals surface area contributed by atoms with Crippen molar-refractivity contribution in [1.29, 1.82) is 0 Å². The molecule has 0 aliphatic heterocycles. The Labute approximate surface area is 101 Å². The standard InChI is InChI=1S/C10H15BrN2OS/c1-8(15(2)14)3-6-13-10-4-5-12-7-9(10)11/h4-5,7-8H,3,6H2,1-2H3,(H,12,13). The molecule has 0 fully saturated rings. The Bertz CT molecular complexity index is 346. The first-order chi connectivity index (χ1) is 7.11. The zero-order chi connectivity index (χ0) is 11.3. The second kappa shape index (κ2) is 6.23. The van der Waals surface area contributed by atoms with E-state index in [9.17, 15) is 4.21 Å². The maximum absolute atomic E-state index is 11.1. The van der Waals surface area contributed by atoms with Crippen LogP contribution in [0.5, 0.6) is 0 Å². The third-order valence-electron chi connectivity index (χ3n) is 2.21. The molecule has 0 spiro atoms. The number of halogens is 1. The second-order valence-electron chi connectivity index (χ2n) is 3.38. The van der Waals surface area contributed by atoms with E-state index in [1.54, 1.807) is 18.6 Å². The van der Waals surface area contributed by atoms with E-state index in [4.69, 9.17) is 0 Å². The maximum Gasteiger partial charge on any atom is 0.0590 e. The topological polar surface area (TPSA) is 42.0 Å². The van der Waals surface area contributed by atoms with Gasteiger partial charge < -0.3 is 5.32 Å². The highest BCUT2D eigenvalue weighted by molar-refractivity contribution is 9.10. The first-order valence-corrected chi connectivity index (χ1v) is 7.18. The lowest BCUT2D eigenvalue weighted by Gasteiger charge is -2.10. The number of anilines is 1. The molecule has 84 valence electrons. The molecule has 0 aliphatic carbocycles. The fourth-order valence-corrected chi connectivity index (χ4v) is 1.93. The zero-order valence-electron chi connectivity index (χ0n) is 8.87. The zero-order valence-corrected chi connectivity index (χ0v) is 11.3. The molecule has 1 rings (SSSR count). The van der Waals surface area contributed by atoms with Crippen LogP contribution in [0.3, 0.4) is 0 Å². The molecule has 0 amide bonds. The van der Waals surface area contributed by atoms with Gasteiger partial charge in [0.2, 0.25) is 0 Å². The number of pyridine rings is 1.